The van der Waals surface area contributed by atoms with Gasteiger partial charge in [-0.25, -0.2) is 9.97 Å². The third-order valence-corrected chi connectivity index (χ3v) is 2.59. The topological polar surface area (TPSA) is 37.8 Å². The predicted molar refractivity (Wildman–Crippen MR) is 71.2 cm³/mol. The average Bonchev–Trinajstić information content (AvgIpc) is 2.26. The molecule has 2 aromatic rings. The monoisotopic (exact) mass is 227 g/mol. The van der Waals surface area contributed by atoms with E-state index < -0.39 is 0 Å². The maximum atomic E-state index is 4.48. The van der Waals surface area contributed by atoms with E-state index in [1.54, 1.807) is 0 Å². The lowest BCUT2D eigenvalue weighted by Gasteiger charge is -2.07. The number of nitrogens with one attached hydrogen (secondary N) is 1. The van der Waals surface area contributed by atoms with Crippen LogP contribution in [0.2, 0.25) is 0 Å². The van der Waals surface area contributed by atoms with Gasteiger partial charge in [0.15, 0.2) is 5.82 Å². The molecule has 0 aliphatic heterocycles. The van der Waals surface area contributed by atoms with Gasteiger partial charge in [-0.3, -0.25) is 0 Å². The van der Waals surface area contributed by atoms with Crippen molar-refractivity contribution in [2.45, 2.75) is 20.8 Å². The van der Waals surface area contributed by atoms with E-state index >= 15 is 0 Å². The molecule has 0 unspecified atom stereocenters. The first-order valence-electron chi connectivity index (χ1n) is 5.70. The summed E-state index contributed by atoms with van der Waals surface area (Å²) in [6, 6.07) is 8.31. The van der Waals surface area contributed by atoms with E-state index in [9.17, 15) is 0 Å². The Morgan fingerprint density at radius 1 is 0.882 bits per heavy atom. The van der Waals surface area contributed by atoms with Crippen LogP contribution < -0.4 is 5.32 Å². The Morgan fingerprint density at radius 2 is 1.53 bits per heavy atom. The zero-order chi connectivity index (χ0) is 12.4. The van der Waals surface area contributed by atoms with Crippen LogP contribution in [0.25, 0.3) is 11.4 Å². The summed E-state index contributed by atoms with van der Waals surface area (Å²) in [7, 11) is 1.87. The lowest BCUT2D eigenvalue weighted by molar-refractivity contribution is 1.10. The van der Waals surface area contributed by atoms with Crippen molar-refractivity contribution in [2.24, 2.45) is 0 Å². The molecule has 0 aliphatic rings. The molecule has 1 heterocycles. The Labute approximate surface area is 102 Å². The lowest BCUT2D eigenvalue weighted by Crippen LogP contribution is -1.98. The van der Waals surface area contributed by atoms with Crippen molar-refractivity contribution in [1.82, 2.24) is 9.97 Å². The van der Waals surface area contributed by atoms with Gasteiger partial charge in [0.1, 0.15) is 5.82 Å². The maximum absolute atomic E-state index is 4.48. The zero-order valence-corrected chi connectivity index (χ0v) is 10.7. The summed E-state index contributed by atoms with van der Waals surface area (Å²) >= 11 is 0. The summed E-state index contributed by atoms with van der Waals surface area (Å²) in [6.45, 7) is 6.16. The highest BCUT2D eigenvalue weighted by molar-refractivity contribution is 5.59. The number of benzene rings is 1. The first-order chi connectivity index (χ1) is 8.08. The Kier molecular flexibility index (Phi) is 3.09. The smallest absolute Gasteiger partial charge is 0.161 e. The highest BCUT2D eigenvalue weighted by Crippen LogP contribution is 2.20. The molecule has 88 valence electrons. The van der Waals surface area contributed by atoms with E-state index in [0.717, 1.165) is 22.9 Å². The fourth-order valence-corrected chi connectivity index (χ4v) is 1.93. The minimum Gasteiger partial charge on any atom is -0.373 e. The van der Waals surface area contributed by atoms with Crippen LogP contribution in [-0.4, -0.2) is 17.0 Å². The van der Waals surface area contributed by atoms with E-state index in [1.807, 2.05) is 20.0 Å². The van der Waals surface area contributed by atoms with E-state index in [1.165, 1.54) is 11.1 Å². The Balaban J connectivity index is 2.55. The molecular weight excluding hydrogens is 210 g/mol. The summed E-state index contributed by atoms with van der Waals surface area (Å²) in [6.07, 6.45) is 0. The second-order valence-corrected chi connectivity index (χ2v) is 4.34. The van der Waals surface area contributed by atoms with Crippen LogP contribution in [0.3, 0.4) is 0 Å². The average molecular weight is 227 g/mol. The second-order valence-electron chi connectivity index (χ2n) is 4.34. The highest BCUT2D eigenvalue weighted by atomic mass is 15.0. The highest BCUT2D eigenvalue weighted by Gasteiger charge is 2.05. The van der Waals surface area contributed by atoms with Gasteiger partial charge < -0.3 is 5.32 Å². The lowest BCUT2D eigenvalue weighted by atomic mass is 10.1. The number of hydrogen-bond donors (Lipinski definition) is 1. The minimum atomic E-state index is 0.779. The van der Waals surface area contributed by atoms with Crippen molar-refractivity contribution in [2.75, 3.05) is 12.4 Å². The molecule has 1 N–H and O–H groups in total. The van der Waals surface area contributed by atoms with Crippen LogP contribution in [0.15, 0.2) is 24.3 Å². The van der Waals surface area contributed by atoms with Gasteiger partial charge >= 0.3 is 0 Å². The largest absolute Gasteiger partial charge is 0.373 e. The normalized spacial score (nSPS) is 10.4. The van der Waals surface area contributed by atoms with Gasteiger partial charge in [-0.2, -0.15) is 0 Å². The molecule has 0 saturated heterocycles. The summed E-state index contributed by atoms with van der Waals surface area (Å²) in [4.78, 5) is 8.97. The van der Waals surface area contributed by atoms with Gasteiger partial charge in [-0.05, 0) is 32.9 Å². The molecule has 0 aliphatic carbocycles. The van der Waals surface area contributed by atoms with Crippen LogP contribution in [0, 0.1) is 20.8 Å². The van der Waals surface area contributed by atoms with Crippen molar-refractivity contribution in [3.8, 4) is 11.4 Å². The summed E-state index contributed by atoms with van der Waals surface area (Å²) in [5.74, 6) is 1.63. The molecule has 0 spiro atoms. The van der Waals surface area contributed by atoms with Crippen molar-refractivity contribution in [3.05, 3.63) is 41.1 Å². The van der Waals surface area contributed by atoms with Crippen LogP contribution in [0.4, 0.5) is 5.82 Å². The number of anilines is 1. The quantitative estimate of drug-likeness (QED) is 0.856. The summed E-state index contributed by atoms with van der Waals surface area (Å²) in [5.41, 5.74) is 4.51. The van der Waals surface area contributed by atoms with E-state index in [0.29, 0.717) is 0 Å². The minimum absolute atomic E-state index is 0.779. The standard InChI is InChI=1S/C14H17N3/c1-9-5-10(2)7-12(6-9)14-16-11(3)8-13(15-4)17-14/h5-8H,1-4H3,(H,15,16,17). The van der Waals surface area contributed by atoms with Crippen molar-refractivity contribution in [1.29, 1.82) is 0 Å². The van der Waals surface area contributed by atoms with E-state index in [-0.39, 0.29) is 0 Å². The fraction of sp³-hybridized carbons (Fsp3) is 0.286. The summed E-state index contributed by atoms with van der Waals surface area (Å²) < 4.78 is 0. The number of aryl methyl sites for hydroxylation is 3. The molecule has 0 radical (unpaired) electrons. The Bertz CT molecular complexity index is 527. The SMILES string of the molecule is CNc1cc(C)nc(-c2cc(C)cc(C)c2)n1. The molecule has 0 amide bonds. The predicted octanol–water partition coefficient (Wildman–Crippen LogP) is 3.11. The molecule has 0 saturated carbocycles. The molecule has 3 heteroatoms. The van der Waals surface area contributed by atoms with Crippen molar-refractivity contribution < 1.29 is 0 Å². The molecule has 2 rings (SSSR count). The molecular formula is C14H17N3. The molecule has 0 atom stereocenters. The van der Waals surface area contributed by atoms with Gasteiger partial charge in [-0.15, -0.1) is 0 Å². The van der Waals surface area contributed by atoms with Gasteiger partial charge in [-0.1, -0.05) is 17.2 Å². The third-order valence-electron chi connectivity index (χ3n) is 2.59. The zero-order valence-electron chi connectivity index (χ0n) is 10.7. The first kappa shape index (κ1) is 11.6. The van der Waals surface area contributed by atoms with Crippen LogP contribution in [0.1, 0.15) is 16.8 Å². The number of rotatable bonds is 2. The molecule has 0 fully saturated rings. The first-order valence-corrected chi connectivity index (χ1v) is 5.70. The Hall–Kier alpha value is -1.90. The van der Waals surface area contributed by atoms with E-state index in [2.05, 4.69) is 47.3 Å². The number of aromatic nitrogens is 2. The molecule has 1 aromatic carbocycles. The second kappa shape index (κ2) is 4.53. The molecule has 1 aromatic heterocycles. The van der Waals surface area contributed by atoms with Gasteiger partial charge in [0, 0.05) is 24.4 Å². The van der Waals surface area contributed by atoms with Gasteiger partial charge in [0.2, 0.25) is 0 Å². The summed E-state index contributed by atoms with van der Waals surface area (Å²) in [5, 5.41) is 3.06. The van der Waals surface area contributed by atoms with Gasteiger partial charge in [0.25, 0.3) is 0 Å². The van der Waals surface area contributed by atoms with Crippen LogP contribution in [-0.2, 0) is 0 Å². The van der Waals surface area contributed by atoms with Crippen LogP contribution >= 0.6 is 0 Å². The molecule has 17 heavy (non-hydrogen) atoms. The van der Waals surface area contributed by atoms with Crippen molar-refractivity contribution >= 4 is 5.82 Å². The van der Waals surface area contributed by atoms with Gasteiger partial charge in [0.05, 0.1) is 0 Å². The number of hydrogen-bond acceptors (Lipinski definition) is 3. The van der Waals surface area contributed by atoms with Crippen LogP contribution in [0.5, 0.6) is 0 Å². The number of nitrogens with zero attached hydrogens (tertiary/aromatic N) is 2. The molecule has 0 bridgehead atoms. The van der Waals surface area contributed by atoms with Crippen molar-refractivity contribution in [3.63, 3.8) is 0 Å². The Morgan fingerprint density at radius 3 is 2.12 bits per heavy atom. The third kappa shape index (κ3) is 2.61. The van der Waals surface area contributed by atoms with E-state index in [4.69, 9.17) is 0 Å². The molecule has 3 nitrogen and oxygen atoms in total. The maximum Gasteiger partial charge on any atom is 0.161 e. The fourth-order valence-electron chi connectivity index (χ4n) is 1.93.